The second kappa shape index (κ2) is 8.17. The van der Waals surface area contributed by atoms with Crippen LogP contribution in [0.25, 0.3) is 5.69 Å². The molecule has 1 amide bonds. The van der Waals surface area contributed by atoms with Gasteiger partial charge < -0.3 is 19.5 Å². The molecule has 0 aliphatic heterocycles. The minimum Gasteiger partial charge on any atom is -0.497 e. The van der Waals surface area contributed by atoms with E-state index in [1.165, 1.54) is 7.11 Å². The van der Waals surface area contributed by atoms with Crippen LogP contribution in [-0.4, -0.2) is 47.4 Å². The number of carbonyl (C=O) groups excluding carboxylic acids is 1. The van der Waals surface area contributed by atoms with Crippen LogP contribution in [0, 0.1) is 0 Å². The van der Waals surface area contributed by atoms with Crippen LogP contribution in [0.2, 0.25) is 0 Å². The van der Waals surface area contributed by atoms with Gasteiger partial charge in [0.25, 0.3) is 5.91 Å². The zero-order valence-corrected chi connectivity index (χ0v) is 15.2. The second-order valence-corrected chi connectivity index (χ2v) is 5.45. The van der Waals surface area contributed by atoms with E-state index in [1.54, 1.807) is 37.1 Å². The van der Waals surface area contributed by atoms with E-state index in [2.05, 4.69) is 20.8 Å². The van der Waals surface area contributed by atoms with E-state index in [0.29, 0.717) is 22.9 Å². The number of nitrogens with one attached hydrogen (secondary N) is 1. The molecule has 1 aromatic heterocycles. The zero-order valence-electron chi connectivity index (χ0n) is 15.2. The van der Waals surface area contributed by atoms with Crippen LogP contribution >= 0.6 is 0 Å². The number of ether oxygens (including phenoxy) is 3. The van der Waals surface area contributed by atoms with Crippen molar-refractivity contribution in [2.45, 2.75) is 6.54 Å². The Labute approximate surface area is 155 Å². The highest BCUT2D eigenvalue weighted by Crippen LogP contribution is 2.24. The van der Waals surface area contributed by atoms with Gasteiger partial charge in [0, 0.05) is 6.07 Å². The van der Waals surface area contributed by atoms with Crippen LogP contribution in [0.3, 0.4) is 0 Å². The molecule has 2 aromatic carbocycles. The van der Waals surface area contributed by atoms with Crippen LogP contribution in [-0.2, 0) is 6.54 Å². The third kappa shape index (κ3) is 3.97. The maximum absolute atomic E-state index is 12.5. The first-order valence-corrected chi connectivity index (χ1v) is 8.08. The quantitative estimate of drug-likeness (QED) is 0.675. The Morgan fingerprint density at radius 1 is 1.00 bits per heavy atom. The lowest BCUT2D eigenvalue weighted by Crippen LogP contribution is -2.25. The minimum atomic E-state index is -0.307. The molecule has 0 bridgehead atoms. The van der Waals surface area contributed by atoms with Gasteiger partial charge in [0.15, 0.2) is 5.82 Å². The molecule has 0 saturated carbocycles. The number of nitrogens with zero attached hydrogens (tertiary/aromatic N) is 4. The number of benzene rings is 2. The largest absolute Gasteiger partial charge is 0.497 e. The number of amides is 1. The molecule has 0 fully saturated rings. The SMILES string of the molecule is COc1ccc(-n2nnnc2CNC(=O)c2ccc(OC)cc2OC)cc1. The van der Waals surface area contributed by atoms with E-state index in [-0.39, 0.29) is 12.5 Å². The highest BCUT2D eigenvalue weighted by Gasteiger charge is 2.15. The van der Waals surface area contributed by atoms with Crippen molar-refractivity contribution in [1.82, 2.24) is 25.5 Å². The number of hydrogen-bond donors (Lipinski definition) is 1. The van der Waals surface area contributed by atoms with Gasteiger partial charge in [0.2, 0.25) is 0 Å². The van der Waals surface area contributed by atoms with Crippen molar-refractivity contribution in [3.63, 3.8) is 0 Å². The molecule has 9 nitrogen and oxygen atoms in total. The molecule has 1 N–H and O–H groups in total. The molecule has 0 atom stereocenters. The van der Waals surface area contributed by atoms with Crippen LogP contribution in [0.15, 0.2) is 42.5 Å². The topological polar surface area (TPSA) is 100 Å². The molecule has 0 aliphatic rings. The van der Waals surface area contributed by atoms with Crippen molar-refractivity contribution in [2.24, 2.45) is 0 Å². The third-order valence-corrected chi connectivity index (χ3v) is 3.91. The number of aromatic nitrogens is 4. The lowest BCUT2D eigenvalue weighted by molar-refractivity contribution is 0.0946. The monoisotopic (exact) mass is 369 g/mol. The van der Waals surface area contributed by atoms with Gasteiger partial charge in [-0.15, -0.1) is 5.10 Å². The van der Waals surface area contributed by atoms with Crippen LogP contribution in [0.5, 0.6) is 17.2 Å². The predicted molar refractivity (Wildman–Crippen MR) is 96.4 cm³/mol. The second-order valence-electron chi connectivity index (χ2n) is 5.45. The van der Waals surface area contributed by atoms with Gasteiger partial charge in [-0.2, -0.15) is 4.68 Å². The number of methoxy groups -OCH3 is 3. The molecule has 3 aromatic rings. The van der Waals surface area contributed by atoms with Crippen molar-refractivity contribution in [3.05, 3.63) is 53.9 Å². The molecular formula is C18H19N5O4. The molecule has 140 valence electrons. The summed E-state index contributed by atoms with van der Waals surface area (Å²) in [5, 5.41) is 14.4. The van der Waals surface area contributed by atoms with Crippen LogP contribution < -0.4 is 19.5 Å². The summed E-state index contributed by atoms with van der Waals surface area (Å²) in [5.74, 6) is 1.93. The summed E-state index contributed by atoms with van der Waals surface area (Å²) in [6.07, 6.45) is 0. The highest BCUT2D eigenvalue weighted by atomic mass is 16.5. The van der Waals surface area contributed by atoms with Crippen molar-refractivity contribution >= 4 is 5.91 Å². The average molecular weight is 369 g/mol. The Hall–Kier alpha value is -3.62. The first-order chi connectivity index (χ1) is 13.2. The Morgan fingerprint density at radius 3 is 2.37 bits per heavy atom. The fourth-order valence-corrected chi connectivity index (χ4v) is 2.48. The average Bonchev–Trinajstić information content (AvgIpc) is 3.20. The number of hydrogen-bond acceptors (Lipinski definition) is 7. The first-order valence-electron chi connectivity index (χ1n) is 8.08. The minimum absolute atomic E-state index is 0.146. The van der Waals surface area contributed by atoms with Gasteiger partial charge in [0.1, 0.15) is 17.2 Å². The molecule has 0 radical (unpaired) electrons. The van der Waals surface area contributed by atoms with Crippen LogP contribution in [0.4, 0.5) is 0 Å². The van der Waals surface area contributed by atoms with E-state index in [4.69, 9.17) is 14.2 Å². The van der Waals surface area contributed by atoms with E-state index in [9.17, 15) is 4.79 Å². The fourth-order valence-electron chi connectivity index (χ4n) is 2.48. The molecule has 9 heteroatoms. The third-order valence-electron chi connectivity index (χ3n) is 3.91. The Balaban J connectivity index is 1.74. The van der Waals surface area contributed by atoms with Gasteiger partial charge in [-0.3, -0.25) is 4.79 Å². The van der Waals surface area contributed by atoms with E-state index in [1.807, 2.05) is 24.3 Å². The molecule has 1 heterocycles. The molecule has 0 spiro atoms. The van der Waals surface area contributed by atoms with Gasteiger partial charge >= 0.3 is 0 Å². The summed E-state index contributed by atoms with van der Waals surface area (Å²) < 4.78 is 17.1. The maximum atomic E-state index is 12.5. The van der Waals surface area contributed by atoms with Crippen molar-refractivity contribution in [3.8, 4) is 22.9 Å². The normalized spacial score (nSPS) is 10.3. The standard InChI is InChI=1S/C18H19N5O4/c1-25-13-6-4-12(5-7-13)23-17(20-21-22-23)11-19-18(24)15-9-8-14(26-2)10-16(15)27-3/h4-10H,11H2,1-3H3,(H,19,24). The van der Waals surface area contributed by atoms with Gasteiger partial charge in [-0.1, -0.05) is 0 Å². The molecule has 27 heavy (non-hydrogen) atoms. The highest BCUT2D eigenvalue weighted by molar-refractivity contribution is 5.97. The summed E-state index contributed by atoms with van der Waals surface area (Å²) in [7, 11) is 4.64. The Kier molecular flexibility index (Phi) is 5.50. The number of rotatable bonds is 7. The molecular weight excluding hydrogens is 350 g/mol. The predicted octanol–water partition coefficient (Wildman–Crippen LogP) is 1.62. The maximum Gasteiger partial charge on any atom is 0.255 e. The zero-order chi connectivity index (χ0) is 19.2. The molecule has 0 unspecified atom stereocenters. The summed E-state index contributed by atoms with van der Waals surface area (Å²) in [6, 6.07) is 12.2. The molecule has 3 rings (SSSR count). The van der Waals surface area contributed by atoms with Crippen molar-refractivity contribution in [1.29, 1.82) is 0 Å². The van der Waals surface area contributed by atoms with E-state index >= 15 is 0 Å². The van der Waals surface area contributed by atoms with E-state index in [0.717, 1.165) is 11.4 Å². The van der Waals surface area contributed by atoms with Crippen LogP contribution in [0.1, 0.15) is 16.2 Å². The lowest BCUT2D eigenvalue weighted by Gasteiger charge is -2.11. The van der Waals surface area contributed by atoms with Crippen molar-refractivity contribution in [2.75, 3.05) is 21.3 Å². The lowest BCUT2D eigenvalue weighted by atomic mass is 10.1. The Bertz CT molecular complexity index is 924. The number of carbonyl (C=O) groups is 1. The number of tetrazole rings is 1. The molecule has 0 aliphatic carbocycles. The molecule has 0 saturated heterocycles. The van der Waals surface area contributed by atoms with Crippen molar-refractivity contribution < 1.29 is 19.0 Å². The Morgan fingerprint density at radius 2 is 1.70 bits per heavy atom. The fraction of sp³-hybridized carbons (Fsp3) is 0.222. The summed E-state index contributed by atoms with van der Waals surface area (Å²) in [4.78, 5) is 12.5. The van der Waals surface area contributed by atoms with E-state index < -0.39 is 0 Å². The smallest absolute Gasteiger partial charge is 0.255 e. The van der Waals surface area contributed by atoms with Gasteiger partial charge in [-0.05, 0) is 46.8 Å². The summed E-state index contributed by atoms with van der Waals surface area (Å²) in [5.41, 5.74) is 1.15. The summed E-state index contributed by atoms with van der Waals surface area (Å²) >= 11 is 0. The van der Waals surface area contributed by atoms with Gasteiger partial charge in [0.05, 0.1) is 39.1 Å². The summed E-state index contributed by atoms with van der Waals surface area (Å²) in [6.45, 7) is 0.146. The first kappa shape index (κ1) is 18.2. The van der Waals surface area contributed by atoms with Gasteiger partial charge in [-0.25, -0.2) is 0 Å².